The molecule has 0 aliphatic heterocycles. The van der Waals surface area contributed by atoms with Gasteiger partial charge >= 0.3 is 0 Å². The number of rotatable bonds is 6. The molecule has 0 fully saturated rings. The largest absolute Gasteiger partial charge is 0.365 e. The highest BCUT2D eigenvalue weighted by Crippen LogP contribution is 2.14. The summed E-state index contributed by atoms with van der Waals surface area (Å²) in [5.41, 5.74) is 2.41. The third-order valence-electron chi connectivity index (χ3n) is 3.03. The second kappa shape index (κ2) is 7.46. The molecule has 0 bridgehead atoms. The van der Waals surface area contributed by atoms with Crippen molar-refractivity contribution < 1.29 is 4.79 Å². The summed E-state index contributed by atoms with van der Waals surface area (Å²) in [4.78, 5) is 13.7. The second-order valence-electron chi connectivity index (χ2n) is 6.85. The number of nitrogens with zero attached hydrogens (tertiary/aromatic N) is 1. The summed E-state index contributed by atoms with van der Waals surface area (Å²) < 4.78 is 0. The normalized spacial score (nSPS) is 11.6. The number of hydrogen-bond donors (Lipinski definition) is 2. The first-order valence-electron chi connectivity index (χ1n) is 7.52. The zero-order chi connectivity index (χ0) is 16.0. The third-order valence-corrected chi connectivity index (χ3v) is 3.03. The van der Waals surface area contributed by atoms with Gasteiger partial charge in [-0.05, 0) is 52.3 Å². The minimum absolute atomic E-state index is 0.0472. The Morgan fingerprint density at radius 2 is 1.76 bits per heavy atom. The molecule has 1 amide bonds. The van der Waals surface area contributed by atoms with E-state index in [1.807, 2.05) is 25.8 Å². The first kappa shape index (κ1) is 17.5. The maximum Gasteiger partial charge on any atom is 0.239 e. The second-order valence-corrected chi connectivity index (χ2v) is 6.85. The van der Waals surface area contributed by atoms with Gasteiger partial charge in [0.1, 0.15) is 0 Å². The van der Waals surface area contributed by atoms with Gasteiger partial charge < -0.3 is 15.5 Å². The van der Waals surface area contributed by atoms with Crippen LogP contribution in [0.15, 0.2) is 24.3 Å². The smallest absolute Gasteiger partial charge is 0.239 e. The van der Waals surface area contributed by atoms with E-state index >= 15 is 0 Å². The van der Waals surface area contributed by atoms with Crippen LogP contribution in [0.3, 0.4) is 0 Å². The van der Waals surface area contributed by atoms with Crippen LogP contribution >= 0.6 is 0 Å². The van der Waals surface area contributed by atoms with Crippen molar-refractivity contribution in [1.82, 2.24) is 10.6 Å². The number of amides is 1. The molecule has 0 radical (unpaired) electrons. The summed E-state index contributed by atoms with van der Waals surface area (Å²) in [6.45, 7) is 11.6. The summed E-state index contributed by atoms with van der Waals surface area (Å²) in [5, 5.41) is 6.36. The molecule has 118 valence electrons. The monoisotopic (exact) mass is 291 g/mol. The topological polar surface area (TPSA) is 44.4 Å². The predicted octanol–water partition coefficient (Wildman–Crippen LogP) is 2.54. The van der Waals surface area contributed by atoms with Crippen molar-refractivity contribution in [3.8, 4) is 0 Å². The lowest BCUT2D eigenvalue weighted by molar-refractivity contribution is -0.120. The zero-order valence-electron chi connectivity index (χ0n) is 14.2. The van der Waals surface area contributed by atoms with Crippen LogP contribution in [0.25, 0.3) is 0 Å². The van der Waals surface area contributed by atoms with E-state index in [0.717, 1.165) is 12.2 Å². The first-order chi connectivity index (χ1) is 9.67. The zero-order valence-corrected chi connectivity index (χ0v) is 14.2. The summed E-state index contributed by atoms with van der Waals surface area (Å²) >= 11 is 0. The average Bonchev–Trinajstić information content (AvgIpc) is 2.35. The van der Waals surface area contributed by atoms with E-state index in [2.05, 4.69) is 55.7 Å². The van der Waals surface area contributed by atoms with E-state index in [9.17, 15) is 4.79 Å². The van der Waals surface area contributed by atoms with Gasteiger partial charge in [-0.3, -0.25) is 4.79 Å². The van der Waals surface area contributed by atoms with Gasteiger partial charge in [0, 0.05) is 30.9 Å². The molecule has 1 aromatic carbocycles. The molecule has 1 aromatic rings. The summed E-state index contributed by atoms with van der Waals surface area (Å²) in [7, 11) is 1.93. The van der Waals surface area contributed by atoms with E-state index in [-0.39, 0.29) is 17.5 Å². The SMILES string of the molecule is CC(C)NC(=O)CN(C)c1ccc(CNC(C)(C)C)cc1. The quantitative estimate of drug-likeness (QED) is 0.846. The van der Waals surface area contributed by atoms with Crippen molar-refractivity contribution in [2.45, 2.75) is 52.7 Å². The molecule has 0 saturated heterocycles. The number of carbonyl (C=O) groups excluding carboxylic acids is 1. The number of anilines is 1. The highest BCUT2D eigenvalue weighted by atomic mass is 16.2. The molecule has 0 aliphatic carbocycles. The Morgan fingerprint density at radius 3 is 2.24 bits per heavy atom. The number of benzene rings is 1. The van der Waals surface area contributed by atoms with Crippen molar-refractivity contribution in [2.24, 2.45) is 0 Å². The van der Waals surface area contributed by atoms with Crippen LogP contribution in [0.4, 0.5) is 5.69 Å². The lowest BCUT2D eigenvalue weighted by Gasteiger charge is -2.22. The Bertz CT molecular complexity index is 446. The van der Waals surface area contributed by atoms with Gasteiger partial charge in [-0.25, -0.2) is 0 Å². The molecule has 0 aromatic heterocycles. The van der Waals surface area contributed by atoms with Gasteiger partial charge in [0.2, 0.25) is 5.91 Å². The number of hydrogen-bond acceptors (Lipinski definition) is 3. The van der Waals surface area contributed by atoms with Gasteiger partial charge in [-0.2, -0.15) is 0 Å². The Labute approximate surface area is 128 Å². The van der Waals surface area contributed by atoms with Gasteiger partial charge in [0.25, 0.3) is 0 Å². The van der Waals surface area contributed by atoms with E-state index < -0.39 is 0 Å². The molecule has 0 spiro atoms. The van der Waals surface area contributed by atoms with E-state index in [1.165, 1.54) is 5.56 Å². The van der Waals surface area contributed by atoms with Gasteiger partial charge in [-0.15, -0.1) is 0 Å². The summed E-state index contributed by atoms with van der Waals surface area (Å²) in [5.74, 6) is 0.0472. The Hall–Kier alpha value is -1.55. The molecule has 0 atom stereocenters. The average molecular weight is 291 g/mol. The van der Waals surface area contributed by atoms with Crippen LogP contribution in [-0.4, -0.2) is 31.1 Å². The molecule has 0 unspecified atom stereocenters. The summed E-state index contributed by atoms with van der Waals surface area (Å²) in [6, 6.07) is 8.50. The maximum absolute atomic E-state index is 11.8. The number of likely N-dealkylation sites (N-methyl/N-ethyl adjacent to an activating group) is 1. The molecular weight excluding hydrogens is 262 g/mol. The van der Waals surface area contributed by atoms with E-state index in [0.29, 0.717) is 6.54 Å². The molecule has 4 nitrogen and oxygen atoms in total. The summed E-state index contributed by atoms with van der Waals surface area (Å²) in [6.07, 6.45) is 0. The fourth-order valence-corrected chi connectivity index (χ4v) is 1.91. The third kappa shape index (κ3) is 7.14. The van der Waals surface area contributed by atoms with E-state index in [4.69, 9.17) is 0 Å². The fraction of sp³-hybridized carbons (Fsp3) is 0.588. The van der Waals surface area contributed by atoms with Crippen LogP contribution in [0.5, 0.6) is 0 Å². The standard InChI is InChI=1S/C17H29N3O/c1-13(2)19-16(21)12-20(6)15-9-7-14(8-10-15)11-18-17(3,4)5/h7-10,13,18H,11-12H2,1-6H3,(H,19,21). The lowest BCUT2D eigenvalue weighted by atomic mass is 10.1. The maximum atomic E-state index is 11.8. The molecule has 2 N–H and O–H groups in total. The number of carbonyl (C=O) groups is 1. The van der Waals surface area contributed by atoms with Gasteiger partial charge in [0.05, 0.1) is 6.54 Å². The van der Waals surface area contributed by atoms with Crippen molar-refractivity contribution in [3.63, 3.8) is 0 Å². The van der Waals surface area contributed by atoms with Crippen molar-refractivity contribution >= 4 is 11.6 Å². The molecule has 4 heteroatoms. The van der Waals surface area contributed by atoms with Gasteiger partial charge in [-0.1, -0.05) is 12.1 Å². The Morgan fingerprint density at radius 1 is 1.19 bits per heavy atom. The number of nitrogens with one attached hydrogen (secondary N) is 2. The van der Waals surface area contributed by atoms with Crippen molar-refractivity contribution in [1.29, 1.82) is 0 Å². The van der Waals surface area contributed by atoms with Crippen LogP contribution in [0.1, 0.15) is 40.2 Å². The highest BCUT2D eigenvalue weighted by molar-refractivity contribution is 5.81. The molecule has 21 heavy (non-hydrogen) atoms. The molecule has 1 rings (SSSR count). The van der Waals surface area contributed by atoms with Gasteiger partial charge in [0.15, 0.2) is 0 Å². The van der Waals surface area contributed by atoms with Crippen LogP contribution < -0.4 is 15.5 Å². The first-order valence-corrected chi connectivity index (χ1v) is 7.52. The van der Waals surface area contributed by atoms with Crippen molar-refractivity contribution in [3.05, 3.63) is 29.8 Å². The van der Waals surface area contributed by atoms with Crippen LogP contribution in [0, 0.1) is 0 Å². The van der Waals surface area contributed by atoms with Crippen LogP contribution in [-0.2, 0) is 11.3 Å². The van der Waals surface area contributed by atoms with E-state index in [1.54, 1.807) is 0 Å². The lowest BCUT2D eigenvalue weighted by Crippen LogP contribution is -2.38. The fourth-order valence-electron chi connectivity index (χ4n) is 1.91. The molecule has 0 aliphatic rings. The van der Waals surface area contributed by atoms with Crippen molar-refractivity contribution in [2.75, 3.05) is 18.5 Å². The highest BCUT2D eigenvalue weighted by Gasteiger charge is 2.10. The minimum Gasteiger partial charge on any atom is -0.365 e. The Balaban J connectivity index is 2.55. The molecule has 0 heterocycles. The minimum atomic E-state index is 0.0472. The van der Waals surface area contributed by atoms with Crippen LogP contribution in [0.2, 0.25) is 0 Å². The predicted molar refractivity (Wildman–Crippen MR) is 89.6 cm³/mol. The molecule has 0 saturated carbocycles. The molecular formula is C17H29N3O. The Kier molecular flexibility index (Phi) is 6.21.